The second-order valence-electron chi connectivity index (χ2n) is 8.77. The van der Waals surface area contributed by atoms with E-state index in [1.807, 2.05) is 9.80 Å². The molecule has 2 aliphatic rings. The van der Waals surface area contributed by atoms with Gasteiger partial charge < -0.3 is 25.2 Å². The van der Waals surface area contributed by atoms with Gasteiger partial charge in [0.2, 0.25) is 23.7 Å². The van der Waals surface area contributed by atoms with Crippen LogP contribution in [0.25, 0.3) is 11.4 Å². The number of rotatable bonds is 7. The van der Waals surface area contributed by atoms with Crippen molar-refractivity contribution in [1.29, 1.82) is 0 Å². The topological polar surface area (TPSA) is 163 Å². The summed E-state index contributed by atoms with van der Waals surface area (Å²) in [6.07, 6.45) is -2.99. The molecule has 0 bridgehead atoms. The quantitative estimate of drug-likeness (QED) is 0.335. The van der Waals surface area contributed by atoms with E-state index < -0.39 is 23.5 Å². The van der Waals surface area contributed by atoms with Gasteiger partial charge >= 0.3 is 6.18 Å². The molecule has 2 aromatic heterocycles. The van der Waals surface area contributed by atoms with Crippen LogP contribution in [-0.4, -0.2) is 94.3 Å². The van der Waals surface area contributed by atoms with E-state index in [1.54, 1.807) is 4.90 Å². The summed E-state index contributed by atoms with van der Waals surface area (Å²) in [5.41, 5.74) is 5.96. The number of nitrogens with two attached hydrogens (primary N) is 1. The number of carbonyl (C=O) groups is 2. The Hall–Kier alpha value is -3.79. The Labute approximate surface area is 215 Å². The third-order valence-electron chi connectivity index (χ3n) is 6.22. The number of anilines is 3. The number of morpholine rings is 1. The highest BCUT2D eigenvalue weighted by atomic mass is 19.4. The summed E-state index contributed by atoms with van der Waals surface area (Å²) in [6, 6.07) is 0.873. The maximum absolute atomic E-state index is 13.5. The molecule has 2 fully saturated rings. The number of piperazine rings is 1. The van der Waals surface area contributed by atoms with E-state index in [9.17, 15) is 22.8 Å². The standard InChI is InChI=1S/C22H28F3N9O4/c23-22(24,25)15-12-14(13-27-18(15)26)19-28-20(30-21(29-19)34-8-10-38-11-9-34)33-6-4-32(5-7-33)17(36)3-1-2-16(35)31-37/h12-13,37H,1-11H2,(H2,26,27)(H,31,35). The second kappa shape index (κ2) is 11.7. The summed E-state index contributed by atoms with van der Waals surface area (Å²) >= 11 is 0. The number of halogens is 3. The summed E-state index contributed by atoms with van der Waals surface area (Å²) in [5.74, 6) is -0.707. The molecule has 2 aliphatic heterocycles. The van der Waals surface area contributed by atoms with Crippen LogP contribution in [-0.2, 0) is 20.5 Å². The van der Waals surface area contributed by atoms with Crippen LogP contribution in [0.2, 0.25) is 0 Å². The first-order valence-corrected chi connectivity index (χ1v) is 12.0. The minimum Gasteiger partial charge on any atom is -0.383 e. The van der Waals surface area contributed by atoms with Crippen molar-refractivity contribution in [2.24, 2.45) is 0 Å². The van der Waals surface area contributed by atoms with Crippen LogP contribution in [0.5, 0.6) is 0 Å². The highest BCUT2D eigenvalue weighted by molar-refractivity contribution is 5.78. The Kier molecular flexibility index (Phi) is 8.41. The van der Waals surface area contributed by atoms with Crippen molar-refractivity contribution in [2.75, 3.05) is 68.0 Å². The van der Waals surface area contributed by atoms with E-state index in [1.165, 1.54) is 11.7 Å². The van der Waals surface area contributed by atoms with Crippen molar-refractivity contribution in [3.8, 4) is 11.4 Å². The van der Waals surface area contributed by atoms with Gasteiger partial charge in [-0.25, -0.2) is 10.5 Å². The number of nitrogens with one attached hydrogen (secondary N) is 1. The van der Waals surface area contributed by atoms with Gasteiger partial charge in [0.25, 0.3) is 0 Å². The fourth-order valence-electron chi connectivity index (χ4n) is 4.12. The van der Waals surface area contributed by atoms with Crippen molar-refractivity contribution < 1.29 is 32.7 Å². The number of nitrogens with zero attached hydrogens (tertiary/aromatic N) is 7. The highest BCUT2D eigenvalue weighted by Gasteiger charge is 2.34. The molecule has 0 radical (unpaired) electrons. The lowest BCUT2D eigenvalue weighted by Crippen LogP contribution is -2.49. The molecule has 0 aromatic carbocycles. The summed E-state index contributed by atoms with van der Waals surface area (Å²) in [7, 11) is 0. The monoisotopic (exact) mass is 539 g/mol. The predicted molar refractivity (Wildman–Crippen MR) is 128 cm³/mol. The van der Waals surface area contributed by atoms with E-state index in [4.69, 9.17) is 15.7 Å². The minimum atomic E-state index is -4.69. The third kappa shape index (κ3) is 6.55. The zero-order chi connectivity index (χ0) is 27.3. The van der Waals surface area contributed by atoms with E-state index in [0.29, 0.717) is 64.9 Å². The van der Waals surface area contributed by atoms with Crippen molar-refractivity contribution in [3.05, 3.63) is 17.8 Å². The zero-order valence-electron chi connectivity index (χ0n) is 20.4. The average molecular weight is 540 g/mol. The predicted octanol–water partition coefficient (Wildman–Crippen LogP) is 0.696. The number of carbonyl (C=O) groups excluding carboxylic acids is 2. The van der Waals surface area contributed by atoms with Gasteiger partial charge in [0, 0.05) is 63.9 Å². The Balaban J connectivity index is 1.54. The van der Waals surface area contributed by atoms with E-state index in [2.05, 4.69) is 19.9 Å². The zero-order valence-corrected chi connectivity index (χ0v) is 20.4. The number of aromatic nitrogens is 4. The maximum atomic E-state index is 13.5. The normalized spacial score (nSPS) is 16.5. The molecule has 16 heteroatoms. The first kappa shape index (κ1) is 27.3. The minimum absolute atomic E-state index is 0.0233. The highest BCUT2D eigenvalue weighted by Crippen LogP contribution is 2.35. The lowest BCUT2D eigenvalue weighted by Gasteiger charge is -2.35. The number of pyridine rings is 1. The smallest absolute Gasteiger partial charge is 0.383 e. The van der Waals surface area contributed by atoms with Crippen molar-refractivity contribution in [3.63, 3.8) is 0 Å². The Morgan fingerprint density at radius 1 is 1.00 bits per heavy atom. The SMILES string of the molecule is Nc1ncc(-c2nc(N3CCOCC3)nc(N3CCN(C(=O)CCCC(=O)NO)CC3)n2)cc1C(F)(F)F. The van der Waals surface area contributed by atoms with Gasteiger partial charge in [-0.1, -0.05) is 0 Å². The molecule has 4 rings (SSSR count). The van der Waals surface area contributed by atoms with Crippen molar-refractivity contribution in [1.82, 2.24) is 30.3 Å². The van der Waals surface area contributed by atoms with Gasteiger partial charge in [0.1, 0.15) is 5.82 Å². The molecule has 4 N–H and O–H groups in total. The van der Waals surface area contributed by atoms with Crippen LogP contribution >= 0.6 is 0 Å². The number of hydrogen-bond acceptors (Lipinski definition) is 11. The van der Waals surface area contributed by atoms with Gasteiger partial charge in [-0.2, -0.15) is 28.1 Å². The Morgan fingerprint density at radius 2 is 1.63 bits per heavy atom. The maximum Gasteiger partial charge on any atom is 0.419 e. The van der Waals surface area contributed by atoms with Gasteiger partial charge in [-0.05, 0) is 12.5 Å². The van der Waals surface area contributed by atoms with Gasteiger partial charge in [0.05, 0.1) is 18.8 Å². The number of alkyl halides is 3. The molecule has 2 amide bonds. The molecule has 0 unspecified atom stereocenters. The summed E-state index contributed by atoms with van der Waals surface area (Å²) < 4.78 is 45.8. The first-order valence-electron chi connectivity index (χ1n) is 12.0. The summed E-state index contributed by atoms with van der Waals surface area (Å²) in [5, 5.41) is 8.56. The molecule has 0 aliphatic carbocycles. The lowest BCUT2D eigenvalue weighted by molar-refractivity contribution is -0.137. The fraction of sp³-hybridized carbons (Fsp3) is 0.545. The van der Waals surface area contributed by atoms with Crippen LogP contribution in [0.4, 0.5) is 30.9 Å². The van der Waals surface area contributed by atoms with E-state index in [0.717, 1.165) is 6.07 Å². The summed E-state index contributed by atoms with van der Waals surface area (Å²) in [6.45, 7) is 3.46. The molecule has 13 nitrogen and oxygen atoms in total. The fourth-order valence-corrected chi connectivity index (χ4v) is 4.12. The molecule has 206 valence electrons. The van der Waals surface area contributed by atoms with Crippen molar-refractivity contribution >= 4 is 29.5 Å². The molecule has 2 aromatic rings. The van der Waals surface area contributed by atoms with Crippen LogP contribution < -0.4 is 21.0 Å². The number of hydrogen-bond donors (Lipinski definition) is 3. The second-order valence-corrected chi connectivity index (χ2v) is 8.77. The largest absolute Gasteiger partial charge is 0.419 e. The van der Waals surface area contributed by atoms with Crippen LogP contribution in [0.3, 0.4) is 0 Å². The van der Waals surface area contributed by atoms with Crippen molar-refractivity contribution in [2.45, 2.75) is 25.4 Å². The molecule has 0 spiro atoms. The Bertz CT molecular complexity index is 1150. The summed E-state index contributed by atoms with van der Waals surface area (Å²) in [4.78, 5) is 46.2. The molecule has 4 heterocycles. The molecule has 0 atom stereocenters. The van der Waals surface area contributed by atoms with Crippen LogP contribution in [0.1, 0.15) is 24.8 Å². The van der Waals surface area contributed by atoms with Crippen LogP contribution in [0, 0.1) is 0 Å². The average Bonchev–Trinajstić information content (AvgIpc) is 2.92. The number of nitrogen functional groups attached to an aromatic ring is 1. The number of hydroxylamine groups is 1. The molecule has 0 saturated carbocycles. The lowest BCUT2D eigenvalue weighted by atomic mass is 10.1. The molecular formula is C22H28F3N9O4. The van der Waals surface area contributed by atoms with Gasteiger partial charge in [-0.3, -0.25) is 14.8 Å². The number of amides is 2. The molecule has 38 heavy (non-hydrogen) atoms. The van der Waals surface area contributed by atoms with Gasteiger partial charge in [-0.15, -0.1) is 0 Å². The molecular weight excluding hydrogens is 511 g/mol. The van der Waals surface area contributed by atoms with E-state index in [-0.39, 0.29) is 36.1 Å². The number of ether oxygens (including phenoxy) is 1. The third-order valence-corrected chi connectivity index (χ3v) is 6.22. The van der Waals surface area contributed by atoms with Gasteiger partial charge in [0.15, 0.2) is 5.82 Å². The van der Waals surface area contributed by atoms with E-state index >= 15 is 0 Å². The van der Waals surface area contributed by atoms with Crippen LogP contribution in [0.15, 0.2) is 12.3 Å². The molecule has 2 saturated heterocycles. The first-order chi connectivity index (χ1) is 18.2. The Morgan fingerprint density at radius 3 is 2.24 bits per heavy atom.